The van der Waals surface area contributed by atoms with Crippen LogP contribution in [0.25, 0.3) is 0 Å². The number of halogens is 3. The summed E-state index contributed by atoms with van der Waals surface area (Å²) in [4.78, 5) is 26.1. The Morgan fingerprint density at radius 1 is 1.24 bits per heavy atom. The summed E-state index contributed by atoms with van der Waals surface area (Å²) >= 11 is 1.96. The lowest BCUT2D eigenvalue weighted by molar-refractivity contribution is 0.0178. The van der Waals surface area contributed by atoms with Crippen LogP contribution in [0, 0.1) is 15.2 Å². The molecule has 1 atom stereocenters. The van der Waals surface area contributed by atoms with Crippen molar-refractivity contribution in [2.45, 2.75) is 32.4 Å². The number of rotatable bonds is 6. The number of nitrogens with one attached hydrogen (secondary N) is 2. The molecule has 0 spiro atoms. The van der Waals surface area contributed by atoms with E-state index in [0.717, 1.165) is 12.1 Å². The fourth-order valence-corrected chi connectivity index (χ4v) is 3.86. The number of nitrogens with two attached hydrogens (primary N) is 1. The summed E-state index contributed by atoms with van der Waals surface area (Å²) in [7, 11) is 0. The van der Waals surface area contributed by atoms with Crippen molar-refractivity contribution in [1.82, 2.24) is 10.2 Å². The number of ether oxygens (including phenoxy) is 2. The van der Waals surface area contributed by atoms with Crippen LogP contribution in [0.5, 0.6) is 5.75 Å². The quantitative estimate of drug-likeness (QED) is 0.441. The first-order valence-electron chi connectivity index (χ1n) is 10.6. The molecule has 0 radical (unpaired) electrons. The van der Waals surface area contributed by atoms with Crippen molar-refractivity contribution in [3.63, 3.8) is 0 Å². The highest BCUT2D eigenvalue weighted by Gasteiger charge is 2.28. The molecule has 3 rings (SSSR count). The lowest BCUT2D eigenvalue weighted by Gasteiger charge is -2.34. The van der Waals surface area contributed by atoms with Gasteiger partial charge in [-0.25, -0.2) is 13.6 Å². The van der Waals surface area contributed by atoms with E-state index in [-0.39, 0.29) is 35.3 Å². The number of nitrogens with zero attached hydrogens (tertiary/aromatic N) is 1. The van der Waals surface area contributed by atoms with Crippen molar-refractivity contribution in [3.05, 3.63) is 51.1 Å². The number of carbonyl (C=O) groups is 2. The van der Waals surface area contributed by atoms with E-state index in [9.17, 15) is 18.4 Å². The number of hydrogen-bond donors (Lipinski definition) is 3. The Hall–Kier alpha value is -2.67. The molecule has 2 amide bonds. The summed E-state index contributed by atoms with van der Waals surface area (Å²) in [6.07, 6.45) is -0.436. The van der Waals surface area contributed by atoms with Crippen molar-refractivity contribution in [1.29, 1.82) is 0 Å². The van der Waals surface area contributed by atoms with Gasteiger partial charge in [0.2, 0.25) is 0 Å². The standard InChI is InChI=1S/C23H27F2IN4O4/c1-23(2,3)34-22(32)30-7-6-28-15(11-30)12-33-19-9-13(24)8-18(20(19)21(27)31)29-17-5-4-14(26)10-16(17)25/h4-5,8-10,15,28-29H,6-7,11-12H2,1-3H3,(H2,27,31). The fourth-order valence-electron chi connectivity index (χ4n) is 3.40. The van der Waals surface area contributed by atoms with Crippen LogP contribution < -0.4 is 21.1 Å². The predicted molar refractivity (Wildman–Crippen MR) is 132 cm³/mol. The predicted octanol–water partition coefficient (Wildman–Crippen LogP) is 4.00. The van der Waals surface area contributed by atoms with Gasteiger partial charge in [0.15, 0.2) is 0 Å². The van der Waals surface area contributed by atoms with Gasteiger partial charge in [0.25, 0.3) is 5.91 Å². The van der Waals surface area contributed by atoms with E-state index in [1.54, 1.807) is 31.7 Å². The summed E-state index contributed by atoms with van der Waals surface area (Å²) in [5.74, 6) is -2.21. The molecule has 0 saturated carbocycles. The third-order valence-electron chi connectivity index (χ3n) is 4.86. The molecule has 8 nitrogen and oxygen atoms in total. The SMILES string of the molecule is CC(C)(C)OC(=O)N1CCNC(COc2cc(F)cc(Nc3ccc(I)cc3F)c2C(N)=O)C1. The molecule has 184 valence electrons. The summed E-state index contributed by atoms with van der Waals surface area (Å²) in [5.41, 5.74) is 4.86. The van der Waals surface area contributed by atoms with Gasteiger partial charge in [-0.1, -0.05) is 0 Å². The Bertz CT molecular complexity index is 1080. The van der Waals surface area contributed by atoms with Crippen molar-refractivity contribution >= 4 is 46.0 Å². The Labute approximate surface area is 210 Å². The maximum atomic E-state index is 14.4. The number of carbonyl (C=O) groups excluding carboxylic acids is 2. The van der Waals surface area contributed by atoms with Gasteiger partial charge >= 0.3 is 6.09 Å². The minimum atomic E-state index is -0.865. The second kappa shape index (κ2) is 10.7. The molecule has 1 aliphatic rings. The first-order valence-corrected chi connectivity index (χ1v) is 11.7. The van der Waals surface area contributed by atoms with Crippen molar-refractivity contribution in [2.75, 3.05) is 31.6 Å². The van der Waals surface area contributed by atoms with Crippen LogP contribution in [0.4, 0.5) is 25.0 Å². The third kappa shape index (κ3) is 6.92. The summed E-state index contributed by atoms with van der Waals surface area (Å²) < 4.78 is 40.5. The number of anilines is 2. The van der Waals surface area contributed by atoms with Gasteiger partial charge in [-0.2, -0.15) is 0 Å². The molecular formula is C23H27F2IN4O4. The molecule has 0 bridgehead atoms. The summed E-state index contributed by atoms with van der Waals surface area (Å²) in [6.45, 7) is 6.67. The number of hydrogen-bond acceptors (Lipinski definition) is 6. The van der Waals surface area contributed by atoms with Crippen LogP contribution in [0.15, 0.2) is 30.3 Å². The zero-order valence-corrected chi connectivity index (χ0v) is 21.2. The molecule has 1 unspecified atom stereocenters. The second-order valence-electron chi connectivity index (χ2n) is 8.83. The van der Waals surface area contributed by atoms with Crippen molar-refractivity contribution in [3.8, 4) is 5.75 Å². The average Bonchev–Trinajstić information content (AvgIpc) is 2.72. The zero-order valence-electron chi connectivity index (χ0n) is 19.1. The first-order chi connectivity index (χ1) is 15.9. The Morgan fingerprint density at radius 3 is 2.62 bits per heavy atom. The van der Waals surface area contributed by atoms with E-state index < -0.39 is 29.2 Å². The molecule has 1 saturated heterocycles. The van der Waals surface area contributed by atoms with Crippen LogP contribution in [-0.2, 0) is 4.74 Å². The van der Waals surface area contributed by atoms with Gasteiger partial charge in [-0.15, -0.1) is 0 Å². The van der Waals surface area contributed by atoms with Crippen LogP contribution in [-0.4, -0.2) is 54.8 Å². The molecule has 1 fully saturated rings. The van der Waals surface area contributed by atoms with Crippen LogP contribution in [0.2, 0.25) is 0 Å². The highest BCUT2D eigenvalue weighted by Crippen LogP contribution is 2.32. The van der Waals surface area contributed by atoms with Crippen LogP contribution in [0.1, 0.15) is 31.1 Å². The van der Waals surface area contributed by atoms with Crippen LogP contribution >= 0.6 is 22.6 Å². The Kier molecular flexibility index (Phi) is 8.18. The monoisotopic (exact) mass is 588 g/mol. The molecule has 11 heteroatoms. The van der Waals surface area contributed by atoms with E-state index in [2.05, 4.69) is 10.6 Å². The summed E-state index contributed by atoms with van der Waals surface area (Å²) in [6, 6.07) is 6.24. The van der Waals surface area contributed by atoms with Gasteiger partial charge in [0.1, 0.15) is 35.2 Å². The van der Waals surface area contributed by atoms with Crippen molar-refractivity contribution in [2.24, 2.45) is 5.73 Å². The van der Waals surface area contributed by atoms with E-state index >= 15 is 0 Å². The number of primary amides is 1. The molecule has 0 aromatic heterocycles. The van der Waals surface area contributed by atoms with Gasteiger partial charge in [-0.05, 0) is 67.6 Å². The topological polar surface area (TPSA) is 106 Å². The van der Waals surface area contributed by atoms with Crippen LogP contribution in [0.3, 0.4) is 0 Å². The Morgan fingerprint density at radius 2 is 1.97 bits per heavy atom. The van der Waals surface area contributed by atoms with Gasteiger partial charge in [-0.3, -0.25) is 4.79 Å². The van der Waals surface area contributed by atoms with Crippen molar-refractivity contribution < 1.29 is 27.8 Å². The van der Waals surface area contributed by atoms with Gasteiger partial charge in [0.05, 0.1) is 17.4 Å². The van der Waals surface area contributed by atoms with E-state index in [4.69, 9.17) is 15.2 Å². The molecule has 1 heterocycles. The molecule has 34 heavy (non-hydrogen) atoms. The van der Waals surface area contributed by atoms with E-state index in [1.807, 2.05) is 22.6 Å². The second-order valence-corrected chi connectivity index (χ2v) is 10.1. The Balaban J connectivity index is 1.76. The first kappa shape index (κ1) is 25.9. The zero-order chi connectivity index (χ0) is 25.0. The number of benzene rings is 2. The lowest BCUT2D eigenvalue weighted by atomic mass is 10.1. The fraction of sp³-hybridized carbons (Fsp3) is 0.391. The average molecular weight is 588 g/mol. The highest BCUT2D eigenvalue weighted by molar-refractivity contribution is 14.1. The minimum absolute atomic E-state index is 0.0189. The maximum absolute atomic E-state index is 14.4. The molecule has 2 aromatic rings. The summed E-state index contributed by atoms with van der Waals surface area (Å²) in [5, 5.41) is 5.95. The molecule has 4 N–H and O–H groups in total. The lowest BCUT2D eigenvalue weighted by Crippen LogP contribution is -2.55. The normalized spacial score (nSPS) is 16.2. The highest BCUT2D eigenvalue weighted by atomic mass is 127. The molecular weight excluding hydrogens is 561 g/mol. The van der Waals surface area contributed by atoms with Gasteiger partial charge < -0.3 is 30.7 Å². The smallest absolute Gasteiger partial charge is 0.410 e. The molecule has 0 aliphatic carbocycles. The van der Waals surface area contributed by atoms with Gasteiger partial charge in [0, 0.05) is 29.3 Å². The van der Waals surface area contributed by atoms with E-state index in [1.165, 1.54) is 12.1 Å². The minimum Gasteiger partial charge on any atom is -0.491 e. The maximum Gasteiger partial charge on any atom is 0.410 e. The third-order valence-corrected chi connectivity index (χ3v) is 5.53. The number of amides is 2. The largest absolute Gasteiger partial charge is 0.491 e. The molecule has 1 aliphatic heterocycles. The van der Waals surface area contributed by atoms with E-state index in [0.29, 0.717) is 23.2 Å². The molecule has 2 aromatic carbocycles. The number of piperazine rings is 1.